The summed E-state index contributed by atoms with van der Waals surface area (Å²) in [4.78, 5) is 43.2. The predicted molar refractivity (Wildman–Crippen MR) is 120 cm³/mol. The van der Waals surface area contributed by atoms with Gasteiger partial charge in [-0.2, -0.15) is 0 Å². The van der Waals surface area contributed by atoms with E-state index in [0.717, 1.165) is 11.1 Å². The van der Waals surface area contributed by atoms with Crippen LogP contribution in [0.15, 0.2) is 68.8 Å². The SMILES string of the molecule is CN(C)c1ccc2cc(C=Nc3ccc4c5c(cccc35)C(=O)NC4=O)c(=O)oc2c1. The van der Waals surface area contributed by atoms with E-state index in [1.165, 1.54) is 6.21 Å². The Morgan fingerprint density at radius 2 is 1.71 bits per heavy atom. The normalized spacial score (nSPS) is 13.2. The van der Waals surface area contributed by atoms with Gasteiger partial charge >= 0.3 is 5.63 Å². The third kappa shape index (κ3) is 3.07. The number of amides is 2. The zero-order chi connectivity index (χ0) is 21.7. The molecule has 152 valence electrons. The summed E-state index contributed by atoms with van der Waals surface area (Å²) in [5, 5.41) is 4.34. The Balaban J connectivity index is 1.61. The van der Waals surface area contributed by atoms with Crippen molar-refractivity contribution in [2.75, 3.05) is 19.0 Å². The molecule has 1 aromatic heterocycles. The second-order valence-electron chi connectivity index (χ2n) is 7.51. The van der Waals surface area contributed by atoms with Gasteiger partial charge in [-0.1, -0.05) is 12.1 Å². The van der Waals surface area contributed by atoms with E-state index < -0.39 is 17.4 Å². The van der Waals surface area contributed by atoms with E-state index in [-0.39, 0.29) is 0 Å². The molecule has 0 saturated heterocycles. The standard InChI is InChI=1S/C24H17N3O4/c1-27(2)15-7-6-13-10-14(24(30)31-20(13)11-15)12-25-19-9-8-18-21-16(19)4-3-5-17(21)22(28)26-23(18)29/h3-12H,1-2H3,(H,26,28,29). The van der Waals surface area contributed by atoms with Gasteiger partial charge in [-0.15, -0.1) is 0 Å². The molecule has 0 aliphatic carbocycles. The minimum Gasteiger partial charge on any atom is -0.422 e. The molecule has 5 rings (SSSR count). The fraction of sp³-hybridized carbons (Fsp3) is 0.0833. The molecule has 0 saturated carbocycles. The molecule has 0 unspecified atom stereocenters. The molecule has 2 amide bonds. The number of hydrogen-bond donors (Lipinski definition) is 1. The van der Waals surface area contributed by atoms with Crippen molar-refractivity contribution in [2.45, 2.75) is 0 Å². The summed E-state index contributed by atoms with van der Waals surface area (Å²) in [5.41, 5.74) is 2.63. The molecule has 1 aliphatic rings. The van der Waals surface area contributed by atoms with Crippen LogP contribution in [-0.2, 0) is 0 Å². The second-order valence-corrected chi connectivity index (χ2v) is 7.51. The molecular weight excluding hydrogens is 394 g/mol. The van der Waals surface area contributed by atoms with Crippen LogP contribution in [0.4, 0.5) is 11.4 Å². The Labute approximate surface area is 176 Å². The van der Waals surface area contributed by atoms with Gasteiger partial charge < -0.3 is 9.32 Å². The van der Waals surface area contributed by atoms with Crippen LogP contribution in [0.5, 0.6) is 0 Å². The minimum absolute atomic E-state index is 0.305. The highest BCUT2D eigenvalue weighted by molar-refractivity contribution is 6.26. The van der Waals surface area contributed by atoms with Crippen molar-refractivity contribution in [3.8, 4) is 0 Å². The number of fused-ring (bicyclic) bond motifs is 1. The van der Waals surface area contributed by atoms with Crippen LogP contribution >= 0.6 is 0 Å². The number of nitrogens with one attached hydrogen (secondary N) is 1. The maximum atomic E-state index is 12.5. The van der Waals surface area contributed by atoms with E-state index in [2.05, 4.69) is 10.3 Å². The predicted octanol–water partition coefficient (Wildman–Crippen LogP) is 3.65. The summed E-state index contributed by atoms with van der Waals surface area (Å²) < 4.78 is 5.48. The molecule has 0 atom stereocenters. The number of imide groups is 1. The van der Waals surface area contributed by atoms with Crippen molar-refractivity contribution >= 4 is 51.1 Å². The molecule has 3 aromatic carbocycles. The Morgan fingerprint density at radius 3 is 2.48 bits per heavy atom. The lowest BCUT2D eigenvalue weighted by molar-refractivity contribution is 0.0845. The first-order valence-corrected chi connectivity index (χ1v) is 9.63. The minimum atomic E-state index is -0.496. The van der Waals surface area contributed by atoms with E-state index in [1.807, 2.05) is 37.2 Å². The van der Waals surface area contributed by atoms with E-state index in [1.54, 1.807) is 36.4 Å². The van der Waals surface area contributed by atoms with Gasteiger partial charge in [-0.3, -0.25) is 19.9 Å². The lowest BCUT2D eigenvalue weighted by Gasteiger charge is -2.17. The molecule has 7 nitrogen and oxygen atoms in total. The Morgan fingerprint density at radius 1 is 0.935 bits per heavy atom. The number of aliphatic imine (C=N–C) groups is 1. The second kappa shape index (κ2) is 6.91. The Hall–Kier alpha value is -4.26. The molecule has 1 N–H and O–H groups in total. The van der Waals surface area contributed by atoms with Gasteiger partial charge in [-0.05, 0) is 36.4 Å². The summed E-state index contributed by atoms with van der Waals surface area (Å²) in [7, 11) is 3.83. The van der Waals surface area contributed by atoms with Gasteiger partial charge in [0.15, 0.2) is 0 Å². The smallest absolute Gasteiger partial charge is 0.345 e. The zero-order valence-electron chi connectivity index (χ0n) is 16.8. The molecule has 7 heteroatoms. The van der Waals surface area contributed by atoms with Crippen LogP contribution in [0.25, 0.3) is 21.7 Å². The van der Waals surface area contributed by atoms with Crippen molar-refractivity contribution in [3.63, 3.8) is 0 Å². The van der Waals surface area contributed by atoms with Gasteiger partial charge in [-0.25, -0.2) is 4.79 Å². The van der Waals surface area contributed by atoms with Gasteiger partial charge in [0.05, 0.1) is 11.3 Å². The van der Waals surface area contributed by atoms with Crippen LogP contribution in [0, 0.1) is 0 Å². The van der Waals surface area contributed by atoms with Crippen molar-refractivity contribution in [3.05, 3.63) is 81.7 Å². The molecule has 31 heavy (non-hydrogen) atoms. The number of carbonyl (C=O) groups excluding carboxylic acids is 2. The molecule has 4 aromatic rings. The van der Waals surface area contributed by atoms with Crippen molar-refractivity contribution < 1.29 is 14.0 Å². The highest BCUT2D eigenvalue weighted by atomic mass is 16.4. The monoisotopic (exact) mass is 411 g/mol. The van der Waals surface area contributed by atoms with Crippen LogP contribution in [0.2, 0.25) is 0 Å². The Kier molecular flexibility index (Phi) is 4.18. The number of hydrogen-bond acceptors (Lipinski definition) is 6. The van der Waals surface area contributed by atoms with E-state index in [9.17, 15) is 14.4 Å². The molecule has 0 spiro atoms. The van der Waals surface area contributed by atoms with E-state index in [0.29, 0.717) is 38.7 Å². The topological polar surface area (TPSA) is 92.0 Å². The first kappa shape index (κ1) is 18.7. The van der Waals surface area contributed by atoms with Crippen LogP contribution in [-0.4, -0.2) is 32.1 Å². The van der Waals surface area contributed by atoms with Gasteiger partial charge in [0.2, 0.25) is 0 Å². The highest BCUT2D eigenvalue weighted by Crippen LogP contribution is 2.33. The number of anilines is 1. The molecule has 0 bridgehead atoms. The van der Waals surface area contributed by atoms with Crippen LogP contribution < -0.4 is 15.8 Å². The Bertz CT molecular complexity index is 1480. The third-order valence-corrected chi connectivity index (χ3v) is 5.34. The third-order valence-electron chi connectivity index (χ3n) is 5.34. The number of nitrogens with zero attached hydrogens (tertiary/aromatic N) is 2. The average molecular weight is 411 g/mol. The molecule has 2 heterocycles. The molecule has 1 aliphatic heterocycles. The fourth-order valence-electron chi connectivity index (χ4n) is 3.74. The average Bonchev–Trinajstić information content (AvgIpc) is 2.75. The van der Waals surface area contributed by atoms with Gasteiger partial charge in [0.25, 0.3) is 11.8 Å². The van der Waals surface area contributed by atoms with E-state index in [4.69, 9.17) is 4.42 Å². The molecule has 0 fully saturated rings. The lowest BCUT2D eigenvalue weighted by Crippen LogP contribution is -2.34. The number of rotatable bonds is 3. The lowest BCUT2D eigenvalue weighted by atomic mass is 9.94. The summed E-state index contributed by atoms with van der Waals surface area (Å²) in [5.74, 6) is -0.868. The number of benzene rings is 3. The molecular formula is C24H17N3O4. The van der Waals surface area contributed by atoms with Gasteiger partial charge in [0, 0.05) is 59.3 Å². The van der Waals surface area contributed by atoms with Crippen molar-refractivity contribution in [1.82, 2.24) is 5.32 Å². The zero-order valence-corrected chi connectivity index (χ0v) is 16.8. The summed E-state index contributed by atoms with van der Waals surface area (Å²) in [6.07, 6.45) is 1.44. The van der Waals surface area contributed by atoms with Gasteiger partial charge in [0.1, 0.15) is 5.58 Å². The maximum Gasteiger partial charge on any atom is 0.345 e. The quantitative estimate of drug-likeness (QED) is 0.316. The van der Waals surface area contributed by atoms with Crippen LogP contribution in [0.1, 0.15) is 26.3 Å². The summed E-state index contributed by atoms with van der Waals surface area (Å²) >= 11 is 0. The first-order valence-electron chi connectivity index (χ1n) is 9.63. The van der Waals surface area contributed by atoms with Crippen molar-refractivity contribution in [2.24, 2.45) is 4.99 Å². The largest absolute Gasteiger partial charge is 0.422 e. The number of carbonyl (C=O) groups is 2. The fourth-order valence-corrected chi connectivity index (χ4v) is 3.74. The first-order chi connectivity index (χ1) is 14.9. The highest BCUT2D eigenvalue weighted by Gasteiger charge is 2.25. The van der Waals surface area contributed by atoms with E-state index >= 15 is 0 Å². The van der Waals surface area contributed by atoms with Crippen molar-refractivity contribution in [1.29, 1.82) is 0 Å². The van der Waals surface area contributed by atoms with Crippen LogP contribution in [0.3, 0.4) is 0 Å². The maximum absolute atomic E-state index is 12.5. The summed E-state index contributed by atoms with van der Waals surface area (Å²) in [6.45, 7) is 0. The summed E-state index contributed by atoms with van der Waals surface area (Å²) in [6, 6.07) is 15.9. The molecule has 0 radical (unpaired) electrons.